The van der Waals surface area contributed by atoms with Crippen molar-refractivity contribution in [1.29, 1.82) is 0 Å². The van der Waals surface area contributed by atoms with Gasteiger partial charge in [-0.25, -0.2) is 4.39 Å². The molecule has 136 valence electrons. The summed E-state index contributed by atoms with van der Waals surface area (Å²) in [5.41, 5.74) is 1.31. The lowest BCUT2D eigenvalue weighted by Gasteiger charge is -2.14. The highest BCUT2D eigenvalue weighted by Crippen LogP contribution is 2.14. The molecule has 2 aromatic carbocycles. The summed E-state index contributed by atoms with van der Waals surface area (Å²) < 4.78 is 18.6. The van der Waals surface area contributed by atoms with Crippen molar-refractivity contribution in [2.24, 2.45) is 0 Å². The Morgan fingerprint density at radius 2 is 1.69 bits per heavy atom. The van der Waals surface area contributed by atoms with Crippen LogP contribution in [0.15, 0.2) is 48.5 Å². The SMILES string of the molecule is CC(=O)Nc1ccc(CC(=O)O[C@H](C)C(=O)Nc2ccccc2F)cc1. The van der Waals surface area contributed by atoms with Gasteiger partial charge in [0.1, 0.15) is 5.82 Å². The average Bonchev–Trinajstić information content (AvgIpc) is 2.58. The number of carbonyl (C=O) groups excluding carboxylic acids is 3. The molecule has 0 aliphatic carbocycles. The van der Waals surface area contributed by atoms with E-state index in [2.05, 4.69) is 10.6 Å². The first-order valence-electron chi connectivity index (χ1n) is 7.96. The third-order valence-electron chi connectivity index (χ3n) is 3.43. The lowest BCUT2D eigenvalue weighted by atomic mass is 10.1. The predicted molar refractivity (Wildman–Crippen MR) is 95.0 cm³/mol. The van der Waals surface area contributed by atoms with Crippen LogP contribution in [-0.2, 0) is 25.5 Å². The van der Waals surface area contributed by atoms with Gasteiger partial charge in [-0.1, -0.05) is 24.3 Å². The summed E-state index contributed by atoms with van der Waals surface area (Å²) in [6, 6.07) is 12.4. The number of ether oxygens (including phenoxy) is 1. The molecule has 0 saturated carbocycles. The molecule has 0 aliphatic heterocycles. The fraction of sp³-hybridized carbons (Fsp3) is 0.211. The Morgan fingerprint density at radius 1 is 1.04 bits per heavy atom. The minimum absolute atomic E-state index is 0.0222. The van der Waals surface area contributed by atoms with Gasteiger partial charge in [0.15, 0.2) is 6.10 Å². The van der Waals surface area contributed by atoms with Crippen molar-refractivity contribution in [3.8, 4) is 0 Å². The molecule has 2 rings (SSSR count). The fourth-order valence-corrected chi connectivity index (χ4v) is 2.17. The Bertz CT molecular complexity index is 805. The van der Waals surface area contributed by atoms with Crippen molar-refractivity contribution in [2.75, 3.05) is 10.6 Å². The van der Waals surface area contributed by atoms with Gasteiger partial charge in [0.05, 0.1) is 12.1 Å². The quantitative estimate of drug-likeness (QED) is 0.778. The van der Waals surface area contributed by atoms with Gasteiger partial charge in [-0.2, -0.15) is 0 Å². The lowest BCUT2D eigenvalue weighted by Crippen LogP contribution is -2.30. The minimum atomic E-state index is -1.07. The number of rotatable bonds is 6. The highest BCUT2D eigenvalue weighted by molar-refractivity contribution is 5.95. The molecule has 0 heterocycles. The number of amides is 2. The predicted octanol–water partition coefficient (Wildman–Crippen LogP) is 2.90. The monoisotopic (exact) mass is 358 g/mol. The zero-order valence-electron chi connectivity index (χ0n) is 14.4. The van der Waals surface area contributed by atoms with Crippen LogP contribution < -0.4 is 10.6 Å². The van der Waals surface area contributed by atoms with E-state index >= 15 is 0 Å². The maximum atomic E-state index is 13.5. The highest BCUT2D eigenvalue weighted by atomic mass is 19.1. The first kappa shape index (κ1) is 19.1. The van der Waals surface area contributed by atoms with Crippen molar-refractivity contribution in [3.05, 3.63) is 59.9 Å². The van der Waals surface area contributed by atoms with Gasteiger partial charge in [-0.3, -0.25) is 14.4 Å². The smallest absolute Gasteiger partial charge is 0.311 e. The Morgan fingerprint density at radius 3 is 2.31 bits per heavy atom. The summed E-state index contributed by atoms with van der Waals surface area (Å²) in [6.45, 7) is 2.81. The summed E-state index contributed by atoms with van der Waals surface area (Å²) in [6.07, 6.45) is -1.10. The lowest BCUT2D eigenvalue weighted by molar-refractivity contribution is -0.152. The van der Waals surface area contributed by atoms with Gasteiger partial charge in [0.25, 0.3) is 5.91 Å². The number of para-hydroxylation sites is 1. The second-order valence-corrected chi connectivity index (χ2v) is 5.66. The molecule has 0 fully saturated rings. The molecule has 0 aliphatic rings. The minimum Gasteiger partial charge on any atom is -0.452 e. The third kappa shape index (κ3) is 5.70. The molecular weight excluding hydrogens is 339 g/mol. The number of hydrogen-bond donors (Lipinski definition) is 2. The Hall–Kier alpha value is -3.22. The summed E-state index contributed by atoms with van der Waals surface area (Å²) in [5.74, 6) is -1.97. The van der Waals surface area contributed by atoms with Gasteiger partial charge in [-0.15, -0.1) is 0 Å². The van der Waals surface area contributed by atoms with Gasteiger partial charge in [0.2, 0.25) is 5.91 Å². The molecule has 0 bridgehead atoms. The van der Waals surface area contributed by atoms with Crippen molar-refractivity contribution < 1.29 is 23.5 Å². The molecular formula is C19H19FN2O4. The van der Waals surface area contributed by atoms with E-state index < -0.39 is 23.8 Å². The van der Waals surface area contributed by atoms with E-state index in [1.807, 2.05) is 0 Å². The third-order valence-corrected chi connectivity index (χ3v) is 3.43. The van der Waals surface area contributed by atoms with Crippen LogP contribution >= 0.6 is 0 Å². The Labute approximate surface area is 150 Å². The second kappa shape index (κ2) is 8.75. The molecule has 0 aromatic heterocycles. The van der Waals surface area contributed by atoms with E-state index in [9.17, 15) is 18.8 Å². The van der Waals surface area contributed by atoms with E-state index in [1.54, 1.807) is 30.3 Å². The largest absolute Gasteiger partial charge is 0.452 e. The number of halogens is 1. The summed E-state index contributed by atoms with van der Waals surface area (Å²) in [4.78, 5) is 34.9. The van der Waals surface area contributed by atoms with Crippen molar-refractivity contribution in [3.63, 3.8) is 0 Å². The Balaban J connectivity index is 1.87. The number of esters is 1. The highest BCUT2D eigenvalue weighted by Gasteiger charge is 2.19. The van der Waals surface area contributed by atoms with Crippen molar-refractivity contribution in [2.45, 2.75) is 26.4 Å². The standard InChI is InChI=1S/C19H19FN2O4/c1-12(19(25)22-17-6-4-3-5-16(17)20)26-18(24)11-14-7-9-15(10-8-14)21-13(2)23/h3-10,12H,11H2,1-2H3,(H,21,23)(H,22,25)/t12-/m1/s1. The normalized spacial score (nSPS) is 11.3. The van der Waals surface area contributed by atoms with E-state index in [-0.39, 0.29) is 18.0 Å². The van der Waals surface area contributed by atoms with E-state index in [4.69, 9.17) is 4.74 Å². The van der Waals surface area contributed by atoms with Gasteiger partial charge in [0, 0.05) is 12.6 Å². The summed E-state index contributed by atoms with van der Waals surface area (Å²) in [7, 11) is 0. The van der Waals surface area contributed by atoms with E-state index in [0.29, 0.717) is 11.3 Å². The van der Waals surface area contributed by atoms with Gasteiger partial charge in [-0.05, 0) is 36.8 Å². The number of nitrogens with one attached hydrogen (secondary N) is 2. The van der Waals surface area contributed by atoms with Crippen molar-refractivity contribution >= 4 is 29.2 Å². The molecule has 26 heavy (non-hydrogen) atoms. The maximum Gasteiger partial charge on any atom is 0.311 e. The molecule has 2 amide bonds. The van der Waals surface area contributed by atoms with Gasteiger partial charge >= 0.3 is 5.97 Å². The van der Waals surface area contributed by atoms with Crippen LogP contribution in [0.2, 0.25) is 0 Å². The average molecular weight is 358 g/mol. The molecule has 2 N–H and O–H groups in total. The molecule has 0 spiro atoms. The van der Waals surface area contributed by atoms with Gasteiger partial charge < -0.3 is 15.4 Å². The molecule has 7 heteroatoms. The molecule has 0 unspecified atom stereocenters. The molecule has 1 atom stereocenters. The van der Waals surface area contributed by atoms with Crippen LogP contribution in [0.4, 0.5) is 15.8 Å². The van der Waals surface area contributed by atoms with Crippen LogP contribution in [0, 0.1) is 5.82 Å². The first-order valence-corrected chi connectivity index (χ1v) is 7.96. The topological polar surface area (TPSA) is 84.5 Å². The summed E-state index contributed by atoms with van der Waals surface area (Å²) in [5, 5.41) is 4.99. The maximum absolute atomic E-state index is 13.5. The second-order valence-electron chi connectivity index (χ2n) is 5.66. The van der Waals surface area contributed by atoms with Crippen LogP contribution in [0.25, 0.3) is 0 Å². The van der Waals surface area contributed by atoms with Crippen molar-refractivity contribution in [1.82, 2.24) is 0 Å². The zero-order chi connectivity index (χ0) is 19.1. The Kier molecular flexibility index (Phi) is 6.43. The molecule has 2 aromatic rings. The van der Waals surface area contributed by atoms with Crippen LogP contribution in [0.5, 0.6) is 0 Å². The number of benzene rings is 2. The molecule has 0 saturated heterocycles. The number of hydrogen-bond acceptors (Lipinski definition) is 4. The summed E-state index contributed by atoms with van der Waals surface area (Å²) >= 11 is 0. The first-order chi connectivity index (χ1) is 12.3. The number of anilines is 2. The van der Waals surface area contributed by atoms with Crippen LogP contribution in [0.1, 0.15) is 19.4 Å². The van der Waals surface area contributed by atoms with Crippen LogP contribution in [0.3, 0.4) is 0 Å². The van der Waals surface area contributed by atoms with E-state index in [0.717, 1.165) is 0 Å². The fourth-order valence-electron chi connectivity index (χ4n) is 2.17. The molecule has 0 radical (unpaired) electrons. The van der Waals surface area contributed by atoms with Crippen LogP contribution in [-0.4, -0.2) is 23.9 Å². The number of carbonyl (C=O) groups is 3. The van der Waals surface area contributed by atoms with E-state index in [1.165, 1.54) is 32.0 Å². The zero-order valence-corrected chi connectivity index (χ0v) is 14.4. The molecule has 6 nitrogen and oxygen atoms in total.